The van der Waals surface area contributed by atoms with Gasteiger partial charge < -0.3 is 19.4 Å². The van der Waals surface area contributed by atoms with E-state index in [4.69, 9.17) is 32.4 Å². The van der Waals surface area contributed by atoms with Gasteiger partial charge in [-0.1, -0.05) is 35.4 Å². The Morgan fingerprint density at radius 3 is 2.52 bits per heavy atom. The number of halogens is 2. The van der Waals surface area contributed by atoms with Gasteiger partial charge in [0.15, 0.2) is 5.76 Å². The van der Waals surface area contributed by atoms with Crippen LogP contribution in [0.15, 0.2) is 60.1 Å². The SMILES string of the molecule is C=CCN(CC=C)C(=O)C(C)NC(=O)c1ccc(COc2ccc(Cl)cc2Cl)o1. The van der Waals surface area contributed by atoms with Crippen LogP contribution in [0.1, 0.15) is 23.2 Å². The van der Waals surface area contributed by atoms with Gasteiger partial charge in [0.1, 0.15) is 24.2 Å². The number of ether oxygens (including phenoxy) is 1. The summed E-state index contributed by atoms with van der Waals surface area (Å²) in [5, 5.41) is 3.50. The first-order chi connectivity index (χ1) is 13.8. The number of rotatable bonds is 10. The molecule has 8 heteroatoms. The topological polar surface area (TPSA) is 71.8 Å². The van der Waals surface area contributed by atoms with Crippen molar-refractivity contribution in [3.63, 3.8) is 0 Å². The number of hydrogen-bond acceptors (Lipinski definition) is 4. The van der Waals surface area contributed by atoms with Crippen LogP contribution in [0.4, 0.5) is 0 Å². The van der Waals surface area contributed by atoms with Crippen LogP contribution in [0.5, 0.6) is 5.75 Å². The van der Waals surface area contributed by atoms with Gasteiger partial charge in [0.05, 0.1) is 5.02 Å². The van der Waals surface area contributed by atoms with E-state index in [2.05, 4.69) is 18.5 Å². The zero-order valence-electron chi connectivity index (χ0n) is 16.0. The average molecular weight is 437 g/mol. The molecule has 1 atom stereocenters. The minimum absolute atomic E-state index is 0.0736. The van der Waals surface area contributed by atoms with Crippen molar-refractivity contribution < 1.29 is 18.7 Å². The van der Waals surface area contributed by atoms with Crippen LogP contribution in [0.25, 0.3) is 0 Å². The molecule has 0 saturated heterocycles. The molecular weight excluding hydrogens is 415 g/mol. The maximum Gasteiger partial charge on any atom is 0.287 e. The van der Waals surface area contributed by atoms with E-state index in [1.165, 1.54) is 11.0 Å². The van der Waals surface area contributed by atoms with Gasteiger partial charge in [0.25, 0.3) is 5.91 Å². The molecule has 2 aromatic rings. The summed E-state index contributed by atoms with van der Waals surface area (Å²) in [4.78, 5) is 26.4. The largest absolute Gasteiger partial charge is 0.484 e. The van der Waals surface area contributed by atoms with E-state index < -0.39 is 11.9 Å². The molecule has 0 saturated carbocycles. The summed E-state index contributed by atoms with van der Waals surface area (Å²) in [6.07, 6.45) is 3.23. The Kier molecular flexibility index (Phi) is 8.36. The minimum Gasteiger partial charge on any atom is -0.484 e. The van der Waals surface area contributed by atoms with Crippen molar-refractivity contribution in [3.8, 4) is 5.75 Å². The lowest BCUT2D eigenvalue weighted by Gasteiger charge is -2.23. The monoisotopic (exact) mass is 436 g/mol. The highest BCUT2D eigenvalue weighted by Crippen LogP contribution is 2.28. The Balaban J connectivity index is 1.95. The van der Waals surface area contributed by atoms with Crippen LogP contribution >= 0.6 is 23.2 Å². The van der Waals surface area contributed by atoms with E-state index in [9.17, 15) is 9.59 Å². The molecule has 1 aromatic heterocycles. The average Bonchev–Trinajstić information content (AvgIpc) is 3.15. The maximum absolute atomic E-state index is 12.5. The number of nitrogens with zero attached hydrogens (tertiary/aromatic N) is 1. The van der Waals surface area contributed by atoms with Crippen LogP contribution in [0.2, 0.25) is 10.0 Å². The highest BCUT2D eigenvalue weighted by atomic mass is 35.5. The second-order valence-electron chi connectivity index (χ2n) is 6.15. The first-order valence-electron chi connectivity index (χ1n) is 8.83. The highest BCUT2D eigenvalue weighted by molar-refractivity contribution is 6.35. The van der Waals surface area contributed by atoms with Gasteiger partial charge in [-0.15, -0.1) is 13.2 Å². The summed E-state index contributed by atoms with van der Waals surface area (Å²) in [6.45, 7) is 9.66. The summed E-state index contributed by atoms with van der Waals surface area (Å²) in [7, 11) is 0. The zero-order valence-corrected chi connectivity index (χ0v) is 17.5. The molecule has 1 aromatic carbocycles. The molecule has 1 unspecified atom stereocenters. The smallest absolute Gasteiger partial charge is 0.287 e. The van der Waals surface area contributed by atoms with Gasteiger partial charge in [-0.25, -0.2) is 0 Å². The third-order valence-electron chi connectivity index (χ3n) is 3.88. The molecule has 2 rings (SSSR count). The Morgan fingerprint density at radius 1 is 1.21 bits per heavy atom. The second-order valence-corrected chi connectivity index (χ2v) is 6.99. The normalized spacial score (nSPS) is 11.4. The lowest BCUT2D eigenvalue weighted by atomic mass is 10.2. The van der Waals surface area contributed by atoms with E-state index in [1.807, 2.05) is 0 Å². The van der Waals surface area contributed by atoms with E-state index >= 15 is 0 Å². The lowest BCUT2D eigenvalue weighted by Crippen LogP contribution is -2.47. The van der Waals surface area contributed by atoms with E-state index in [0.29, 0.717) is 34.6 Å². The molecule has 0 aliphatic heterocycles. The summed E-state index contributed by atoms with van der Waals surface area (Å²) in [5.41, 5.74) is 0. The first-order valence-corrected chi connectivity index (χ1v) is 9.59. The van der Waals surface area contributed by atoms with Crippen LogP contribution in [0.3, 0.4) is 0 Å². The Bertz CT molecular complexity index is 885. The van der Waals surface area contributed by atoms with Crippen LogP contribution in [-0.4, -0.2) is 35.8 Å². The molecule has 0 radical (unpaired) electrons. The number of nitrogens with one attached hydrogen (secondary N) is 1. The van der Waals surface area contributed by atoms with Gasteiger partial charge >= 0.3 is 0 Å². The fraction of sp³-hybridized carbons (Fsp3) is 0.238. The van der Waals surface area contributed by atoms with E-state index in [-0.39, 0.29) is 18.3 Å². The van der Waals surface area contributed by atoms with Crippen molar-refractivity contribution in [2.75, 3.05) is 13.1 Å². The standard InChI is InChI=1S/C21H22Cl2N2O4/c1-4-10-25(11-5-2)21(27)14(3)24-20(26)19-9-7-16(29-19)13-28-18-8-6-15(22)12-17(18)23/h4-9,12,14H,1-2,10-11,13H2,3H3,(H,24,26). The molecule has 2 amide bonds. The summed E-state index contributed by atoms with van der Waals surface area (Å²) >= 11 is 11.9. The Morgan fingerprint density at radius 2 is 1.90 bits per heavy atom. The number of carbonyl (C=O) groups is 2. The number of hydrogen-bond donors (Lipinski definition) is 1. The molecule has 29 heavy (non-hydrogen) atoms. The van der Waals surface area contributed by atoms with Gasteiger partial charge in [0, 0.05) is 18.1 Å². The molecule has 0 aliphatic carbocycles. The summed E-state index contributed by atoms with van der Waals surface area (Å²) < 4.78 is 11.1. The first kappa shape index (κ1) is 22.6. The molecule has 0 spiro atoms. The second kappa shape index (κ2) is 10.7. The van der Waals surface area contributed by atoms with Crippen molar-refractivity contribution in [1.82, 2.24) is 10.2 Å². The third-order valence-corrected chi connectivity index (χ3v) is 4.41. The van der Waals surface area contributed by atoms with Gasteiger partial charge in [-0.3, -0.25) is 9.59 Å². The van der Waals surface area contributed by atoms with Crippen molar-refractivity contribution in [2.24, 2.45) is 0 Å². The quantitative estimate of drug-likeness (QED) is 0.557. The molecule has 0 fully saturated rings. The van der Waals surface area contributed by atoms with Gasteiger partial charge in [-0.05, 0) is 37.3 Å². The highest BCUT2D eigenvalue weighted by Gasteiger charge is 2.22. The third kappa shape index (κ3) is 6.41. The lowest BCUT2D eigenvalue weighted by molar-refractivity contribution is -0.131. The molecular formula is C21H22Cl2N2O4. The number of carbonyl (C=O) groups excluding carboxylic acids is 2. The predicted octanol–water partition coefficient (Wildman–Crippen LogP) is 4.48. The summed E-state index contributed by atoms with van der Waals surface area (Å²) in [6, 6.07) is 7.27. The molecule has 154 valence electrons. The fourth-order valence-corrected chi connectivity index (χ4v) is 2.95. The number of furan rings is 1. The number of benzene rings is 1. The van der Waals surface area contributed by atoms with Crippen molar-refractivity contribution in [3.05, 3.63) is 77.2 Å². The molecule has 1 N–H and O–H groups in total. The van der Waals surface area contributed by atoms with Gasteiger partial charge in [0.2, 0.25) is 5.91 Å². The number of amides is 2. The van der Waals surface area contributed by atoms with E-state index in [0.717, 1.165) is 0 Å². The molecule has 0 aliphatic rings. The fourth-order valence-electron chi connectivity index (χ4n) is 2.49. The van der Waals surface area contributed by atoms with Gasteiger partial charge in [-0.2, -0.15) is 0 Å². The Labute approximate surface area is 179 Å². The zero-order chi connectivity index (χ0) is 21.4. The van der Waals surface area contributed by atoms with Crippen LogP contribution in [0, 0.1) is 0 Å². The maximum atomic E-state index is 12.5. The molecule has 0 bridgehead atoms. The molecule has 1 heterocycles. The van der Waals surface area contributed by atoms with Crippen molar-refractivity contribution in [2.45, 2.75) is 19.6 Å². The Hall–Kier alpha value is -2.70. The summed E-state index contributed by atoms with van der Waals surface area (Å²) in [5.74, 6) is 0.205. The van der Waals surface area contributed by atoms with Crippen LogP contribution < -0.4 is 10.1 Å². The minimum atomic E-state index is -0.736. The van der Waals surface area contributed by atoms with Crippen LogP contribution in [-0.2, 0) is 11.4 Å². The molecule has 6 nitrogen and oxygen atoms in total. The van der Waals surface area contributed by atoms with E-state index in [1.54, 1.807) is 43.3 Å². The van der Waals surface area contributed by atoms with Crippen molar-refractivity contribution in [1.29, 1.82) is 0 Å². The predicted molar refractivity (Wildman–Crippen MR) is 113 cm³/mol. The van der Waals surface area contributed by atoms with Crippen molar-refractivity contribution >= 4 is 35.0 Å².